The zero-order valence-electron chi connectivity index (χ0n) is 11.0. The van der Waals surface area contributed by atoms with Gasteiger partial charge in [-0.2, -0.15) is 0 Å². The average molecular weight is 257 g/mol. The first-order chi connectivity index (χ1) is 9.13. The Kier molecular flexibility index (Phi) is 2.81. The molecule has 0 aromatic carbocycles. The first-order valence-electron chi connectivity index (χ1n) is 6.36. The zero-order valence-corrected chi connectivity index (χ0v) is 11.0. The average Bonchev–Trinajstić information content (AvgIpc) is 2.87. The van der Waals surface area contributed by atoms with Crippen molar-refractivity contribution >= 4 is 11.9 Å². The van der Waals surface area contributed by atoms with Gasteiger partial charge in [0.15, 0.2) is 5.76 Å². The maximum absolute atomic E-state index is 12.2. The predicted molar refractivity (Wildman–Crippen MR) is 70.2 cm³/mol. The summed E-state index contributed by atoms with van der Waals surface area (Å²) in [5.41, 5.74) is 3.83. The van der Waals surface area contributed by atoms with E-state index < -0.39 is 0 Å². The van der Waals surface area contributed by atoms with E-state index in [9.17, 15) is 4.79 Å². The van der Waals surface area contributed by atoms with Crippen molar-refractivity contribution in [3.05, 3.63) is 40.6 Å². The molecule has 0 saturated carbocycles. The minimum absolute atomic E-state index is 0.270. The quantitative estimate of drug-likeness (QED) is 0.897. The zero-order chi connectivity index (χ0) is 13.4. The van der Waals surface area contributed by atoms with Crippen molar-refractivity contribution in [1.29, 1.82) is 0 Å². The van der Waals surface area contributed by atoms with Gasteiger partial charge in [0, 0.05) is 17.0 Å². The summed E-state index contributed by atoms with van der Waals surface area (Å²) < 4.78 is 5.36. The number of anilines is 1. The number of amides is 1. The van der Waals surface area contributed by atoms with Crippen LogP contribution in [0.5, 0.6) is 0 Å². The fraction of sp³-hybridized carbons (Fsp3) is 0.357. The van der Waals surface area contributed by atoms with Crippen LogP contribution in [0, 0.1) is 13.8 Å². The number of nitrogens with zero attached hydrogens (tertiary/aromatic N) is 2. The third-order valence-electron chi connectivity index (χ3n) is 3.27. The number of nitrogens with one attached hydrogen (secondary N) is 1. The highest BCUT2D eigenvalue weighted by atomic mass is 16.3. The van der Waals surface area contributed by atoms with Crippen molar-refractivity contribution < 1.29 is 9.21 Å². The van der Waals surface area contributed by atoms with E-state index in [2.05, 4.69) is 15.3 Å². The van der Waals surface area contributed by atoms with Crippen LogP contribution in [0.3, 0.4) is 0 Å². The van der Waals surface area contributed by atoms with Gasteiger partial charge in [-0.3, -0.25) is 10.1 Å². The number of furan rings is 1. The van der Waals surface area contributed by atoms with E-state index in [4.69, 9.17) is 4.42 Å². The second-order valence-corrected chi connectivity index (χ2v) is 4.85. The first-order valence-corrected chi connectivity index (χ1v) is 6.36. The van der Waals surface area contributed by atoms with Gasteiger partial charge in [-0.25, -0.2) is 9.97 Å². The van der Waals surface area contributed by atoms with Crippen LogP contribution in [0.15, 0.2) is 16.7 Å². The third-order valence-corrected chi connectivity index (χ3v) is 3.27. The molecule has 3 rings (SSSR count). The molecule has 5 heteroatoms. The number of aryl methyl sites for hydroxylation is 3. The Balaban J connectivity index is 1.84. The maximum Gasteiger partial charge on any atom is 0.294 e. The van der Waals surface area contributed by atoms with Crippen LogP contribution in [0.2, 0.25) is 0 Å². The summed E-state index contributed by atoms with van der Waals surface area (Å²) in [5, 5.41) is 2.70. The Morgan fingerprint density at radius 1 is 1.26 bits per heavy atom. The summed E-state index contributed by atoms with van der Waals surface area (Å²) in [6, 6.07) is 1.86. The normalized spacial score (nSPS) is 13.4. The van der Waals surface area contributed by atoms with E-state index in [1.54, 1.807) is 6.26 Å². The number of fused-ring (bicyclic) bond motifs is 1. The van der Waals surface area contributed by atoms with Crippen LogP contribution in [0.1, 0.15) is 39.5 Å². The van der Waals surface area contributed by atoms with E-state index in [1.165, 1.54) is 0 Å². The number of aromatic nitrogens is 2. The van der Waals surface area contributed by atoms with Crippen molar-refractivity contribution in [3.63, 3.8) is 0 Å². The minimum atomic E-state index is -0.270. The number of hydrogen-bond acceptors (Lipinski definition) is 4. The molecule has 1 aliphatic rings. The van der Waals surface area contributed by atoms with E-state index in [-0.39, 0.29) is 5.91 Å². The molecule has 1 aliphatic carbocycles. The van der Waals surface area contributed by atoms with Crippen molar-refractivity contribution in [2.24, 2.45) is 0 Å². The maximum atomic E-state index is 12.2. The highest BCUT2D eigenvalue weighted by Gasteiger charge is 2.24. The Hall–Kier alpha value is -2.17. The number of rotatable bonds is 2. The van der Waals surface area contributed by atoms with Crippen LogP contribution in [-0.4, -0.2) is 15.9 Å². The van der Waals surface area contributed by atoms with Gasteiger partial charge in [0.25, 0.3) is 5.91 Å². The molecule has 2 aromatic rings. The monoisotopic (exact) mass is 257 g/mol. The van der Waals surface area contributed by atoms with Crippen molar-refractivity contribution in [2.45, 2.75) is 33.1 Å². The molecule has 2 heterocycles. The predicted octanol–water partition coefficient (Wildman–Crippen LogP) is 2.43. The van der Waals surface area contributed by atoms with Gasteiger partial charge in [0.05, 0.1) is 6.26 Å². The molecule has 0 atom stereocenters. The highest BCUT2D eigenvalue weighted by Crippen LogP contribution is 2.27. The van der Waals surface area contributed by atoms with Gasteiger partial charge in [-0.05, 0) is 44.7 Å². The molecule has 0 aliphatic heterocycles. The van der Waals surface area contributed by atoms with Gasteiger partial charge in [0.1, 0.15) is 0 Å². The molecule has 0 fully saturated rings. The molecule has 1 N–H and O–H groups in total. The van der Waals surface area contributed by atoms with E-state index in [1.807, 2.05) is 19.9 Å². The van der Waals surface area contributed by atoms with E-state index >= 15 is 0 Å². The van der Waals surface area contributed by atoms with E-state index in [0.29, 0.717) is 11.7 Å². The molecular formula is C14H15N3O2. The minimum Gasteiger partial charge on any atom is -0.459 e. The molecule has 0 saturated heterocycles. The fourth-order valence-electron chi connectivity index (χ4n) is 2.49. The standard InChI is InChI=1S/C14H15N3O2/c1-8-6-9(2)16-14(15-8)17-13(18)12-11-5-3-4-10(11)7-19-12/h6-7H,3-5H2,1-2H3,(H,15,16,17,18). The van der Waals surface area contributed by atoms with Crippen molar-refractivity contribution in [3.8, 4) is 0 Å². The smallest absolute Gasteiger partial charge is 0.294 e. The SMILES string of the molecule is Cc1cc(C)nc(NC(=O)c2occ3c2CCC3)n1. The number of hydrogen-bond donors (Lipinski definition) is 1. The summed E-state index contributed by atoms with van der Waals surface area (Å²) in [5.74, 6) is 0.453. The van der Waals surface area contributed by atoms with Crippen LogP contribution in [-0.2, 0) is 12.8 Å². The van der Waals surface area contributed by atoms with E-state index in [0.717, 1.165) is 41.8 Å². The molecule has 0 bridgehead atoms. The van der Waals surface area contributed by atoms with Crippen LogP contribution >= 0.6 is 0 Å². The Morgan fingerprint density at radius 3 is 2.74 bits per heavy atom. The van der Waals surface area contributed by atoms with Gasteiger partial charge in [0.2, 0.25) is 5.95 Å². The summed E-state index contributed by atoms with van der Waals surface area (Å²) in [7, 11) is 0. The topological polar surface area (TPSA) is 68.0 Å². The van der Waals surface area contributed by atoms with Gasteiger partial charge >= 0.3 is 0 Å². The molecule has 2 aromatic heterocycles. The lowest BCUT2D eigenvalue weighted by Crippen LogP contribution is -2.15. The Labute approximate surface area is 111 Å². The lowest BCUT2D eigenvalue weighted by molar-refractivity contribution is 0.0994. The number of carbonyl (C=O) groups is 1. The molecule has 19 heavy (non-hydrogen) atoms. The third kappa shape index (κ3) is 2.23. The Bertz CT molecular complexity index is 626. The Morgan fingerprint density at radius 2 is 2.00 bits per heavy atom. The van der Waals surface area contributed by atoms with Crippen molar-refractivity contribution in [1.82, 2.24) is 9.97 Å². The fourth-order valence-corrected chi connectivity index (χ4v) is 2.49. The first kappa shape index (κ1) is 11.9. The van der Waals surface area contributed by atoms with Gasteiger partial charge in [-0.15, -0.1) is 0 Å². The summed E-state index contributed by atoms with van der Waals surface area (Å²) in [4.78, 5) is 20.6. The lowest BCUT2D eigenvalue weighted by atomic mass is 10.2. The second kappa shape index (κ2) is 4.50. The molecule has 1 amide bonds. The van der Waals surface area contributed by atoms with Crippen molar-refractivity contribution in [2.75, 3.05) is 5.32 Å². The summed E-state index contributed by atoms with van der Waals surface area (Å²) in [6.45, 7) is 3.74. The van der Waals surface area contributed by atoms with Gasteiger partial charge < -0.3 is 4.42 Å². The van der Waals surface area contributed by atoms with Crippen LogP contribution in [0.4, 0.5) is 5.95 Å². The molecular weight excluding hydrogens is 242 g/mol. The number of carbonyl (C=O) groups excluding carboxylic acids is 1. The lowest BCUT2D eigenvalue weighted by Gasteiger charge is -2.04. The van der Waals surface area contributed by atoms with Crippen LogP contribution in [0.25, 0.3) is 0 Å². The largest absolute Gasteiger partial charge is 0.459 e. The second-order valence-electron chi connectivity index (χ2n) is 4.85. The van der Waals surface area contributed by atoms with Gasteiger partial charge in [-0.1, -0.05) is 0 Å². The molecule has 98 valence electrons. The molecule has 0 unspecified atom stereocenters. The summed E-state index contributed by atoms with van der Waals surface area (Å²) >= 11 is 0. The highest BCUT2D eigenvalue weighted by molar-refractivity contribution is 6.02. The molecule has 0 radical (unpaired) electrons. The molecule has 5 nitrogen and oxygen atoms in total. The summed E-state index contributed by atoms with van der Waals surface area (Å²) in [6.07, 6.45) is 4.66. The van der Waals surface area contributed by atoms with Crippen LogP contribution < -0.4 is 5.32 Å². The molecule has 0 spiro atoms.